The summed E-state index contributed by atoms with van der Waals surface area (Å²) >= 11 is 0. The van der Waals surface area contributed by atoms with Gasteiger partial charge in [-0.15, -0.1) is 0 Å². The van der Waals surface area contributed by atoms with Crippen LogP contribution in [0.4, 0.5) is 0 Å². The highest BCUT2D eigenvalue weighted by Crippen LogP contribution is 2.38. The molecular weight excluding hydrogens is 768 g/mol. The van der Waals surface area contributed by atoms with Gasteiger partial charge >= 0.3 is 0 Å². The maximum atomic E-state index is 12.9. The minimum absolute atomic E-state index is 0.0107. The number of carbonyl (C=O) groups is 1. The number of rotatable bonds is 44. The van der Waals surface area contributed by atoms with E-state index < -0.39 is 26.6 Å². The highest BCUT2D eigenvalue weighted by Gasteiger charge is 2.23. The minimum Gasteiger partial charge on any atom is -0.756 e. The number of amides is 1. The summed E-state index contributed by atoms with van der Waals surface area (Å²) in [6.07, 6.45) is 55.6. The van der Waals surface area contributed by atoms with Gasteiger partial charge in [-0.05, 0) is 64.2 Å². The van der Waals surface area contributed by atoms with Crippen molar-refractivity contribution in [3.05, 3.63) is 60.8 Å². The number of quaternary nitrogens is 1. The lowest BCUT2D eigenvalue weighted by Gasteiger charge is -2.29. The quantitative estimate of drug-likeness (QED) is 0.0273. The molecule has 60 heavy (non-hydrogen) atoms. The number of likely N-dealkylation sites (N-methyl/N-ethyl adjacent to an activating group) is 1. The number of nitrogens with zero attached hydrogens (tertiary/aromatic N) is 1. The Labute approximate surface area is 371 Å². The predicted molar refractivity (Wildman–Crippen MR) is 256 cm³/mol. The molecule has 0 aromatic heterocycles. The lowest BCUT2D eigenvalue weighted by atomic mass is 10.0. The van der Waals surface area contributed by atoms with E-state index in [0.29, 0.717) is 17.4 Å². The van der Waals surface area contributed by atoms with Crippen molar-refractivity contribution in [3.8, 4) is 0 Å². The summed E-state index contributed by atoms with van der Waals surface area (Å²) in [5, 5.41) is 13.8. The molecule has 0 bridgehead atoms. The first kappa shape index (κ1) is 58.2. The highest BCUT2D eigenvalue weighted by molar-refractivity contribution is 7.45. The molecule has 0 aromatic carbocycles. The average Bonchev–Trinajstić information content (AvgIpc) is 3.20. The Morgan fingerprint density at radius 1 is 0.600 bits per heavy atom. The molecule has 0 radical (unpaired) electrons. The highest BCUT2D eigenvalue weighted by atomic mass is 31.2. The number of allylic oxidation sites excluding steroid dienone is 9. The van der Waals surface area contributed by atoms with Crippen molar-refractivity contribution >= 4 is 13.7 Å². The zero-order valence-electron chi connectivity index (χ0n) is 39.6. The van der Waals surface area contributed by atoms with Gasteiger partial charge in [0.15, 0.2) is 0 Å². The van der Waals surface area contributed by atoms with Gasteiger partial charge in [-0.2, -0.15) is 0 Å². The fraction of sp³-hybridized carbons (Fsp3) is 0.784. The van der Waals surface area contributed by atoms with Gasteiger partial charge < -0.3 is 28.8 Å². The van der Waals surface area contributed by atoms with Crippen LogP contribution in [0.2, 0.25) is 0 Å². The van der Waals surface area contributed by atoms with E-state index in [1.165, 1.54) is 116 Å². The second kappa shape index (κ2) is 42.5. The monoisotopic (exact) mass is 863 g/mol. The third kappa shape index (κ3) is 44.3. The number of aliphatic hydroxyl groups excluding tert-OH is 1. The van der Waals surface area contributed by atoms with Gasteiger partial charge in [0.1, 0.15) is 13.2 Å². The molecule has 0 saturated carbocycles. The van der Waals surface area contributed by atoms with E-state index in [4.69, 9.17) is 9.05 Å². The van der Waals surface area contributed by atoms with E-state index in [1.54, 1.807) is 6.08 Å². The van der Waals surface area contributed by atoms with E-state index in [0.717, 1.165) is 70.6 Å². The minimum atomic E-state index is -4.60. The summed E-state index contributed by atoms with van der Waals surface area (Å²) in [5.74, 6) is -0.219. The number of phosphoric ester groups is 1. The van der Waals surface area contributed by atoms with Crippen molar-refractivity contribution in [2.24, 2.45) is 0 Å². The van der Waals surface area contributed by atoms with Crippen molar-refractivity contribution < 1.29 is 32.9 Å². The fourth-order valence-electron chi connectivity index (χ4n) is 6.83. The summed E-state index contributed by atoms with van der Waals surface area (Å²) in [4.78, 5) is 25.4. The first-order chi connectivity index (χ1) is 29.0. The Balaban J connectivity index is 4.41. The predicted octanol–water partition coefficient (Wildman–Crippen LogP) is 13.6. The molecule has 1 amide bonds. The van der Waals surface area contributed by atoms with Crippen LogP contribution in [0.3, 0.4) is 0 Å². The van der Waals surface area contributed by atoms with Crippen molar-refractivity contribution in [2.45, 2.75) is 219 Å². The lowest BCUT2D eigenvalue weighted by molar-refractivity contribution is -0.870. The number of phosphoric acid groups is 1. The van der Waals surface area contributed by atoms with E-state index in [2.05, 4.69) is 67.8 Å². The zero-order valence-corrected chi connectivity index (χ0v) is 40.5. The molecule has 0 aliphatic rings. The maximum Gasteiger partial charge on any atom is 0.268 e. The smallest absolute Gasteiger partial charge is 0.268 e. The second-order valence-electron chi connectivity index (χ2n) is 17.8. The molecule has 0 heterocycles. The Morgan fingerprint density at radius 3 is 1.55 bits per heavy atom. The maximum absolute atomic E-state index is 12.9. The number of nitrogens with one attached hydrogen (secondary N) is 1. The Morgan fingerprint density at radius 2 is 1.03 bits per heavy atom. The fourth-order valence-corrected chi connectivity index (χ4v) is 7.55. The van der Waals surface area contributed by atoms with Crippen molar-refractivity contribution in [3.63, 3.8) is 0 Å². The van der Waals surface area contributed by atoms with E-state index in [1.807, 2.05) is 27.2 Å². The SMILES string of the molecule is CC/C=C\C/C=C\C/C=C\CCCCCCCCCC(=O)NC(COP(=O)([O-])OCC[N+](C)(C)C)C(O)/C=C/CC/C=C/CCCCCCCCCCCCCCCCC. The number of carbonyl (C=O) groups excluding carboxylic acids is 1. The average molecular weight is 863 g/mol. The molecule has 9 heteroatoms. The van der Waals surface area contributed by atoms with Gasteiger partial charge in [0.25, 0.3) is 7.82 Å². The van der Waals surface area contributed by atoms with Crippen LogP contribution in [0.15, 0.2) is 60.8 Å². The van der Waals surface area contributed by atoms with Gasteiger partial charge in [-0.3, -0.25) is 9.36 Å². The summed E-state index contributed by atoms with van der Waals surface area (Å²) < 4.78 is 23.2. The molecule has 0 aliphatic heterocycles. The molecule has 350 valence electrons. The van der Waals surface area contributed by atoms with Gasteiger partial charge in [-0.1, -0.05) is 197 Å². The summed E-state index contributed by atoms with van der Waals surface area (Å²) in [6.45, 7) is 4.51. The van der Waals surface area contributed by atoms with Crippen LogP contribution >= 0.6 is 7.82 Å². The molecule has 0 saturated heterocycles. The first-order valence-electron chi connectivity index (χ1n) is 24.7. The van der Waals surface area contributed by atoms with Crippen LogP contribution in [0.25, 0.3) is 0 Å². The Bertz CT molecular complexity index is 1160. The molecule has 0 fully saturated rings. The van der Waals surface area contributed by atoms with Crippen molar-refractivity contribution in [2.75, 3.05) is 40.9 Å². The van der Waals surface area contributed by atoms with E-state index in [9.17, 15) is 19.4 Å². The second-order valence-corrected chi connectivity index (χ2v) is 19.2. The van der Waals surface area contributed by atoms with Crippen LogP contribution in [-0.4, -0.2) is 68.5 Å². The Hall–Kier alpha value is -1.80. The summed E-state index contributed by atoms with van der Waals surface area (Å²) in [6, 6.07) is -0.910. The summed E-state index contributed by atoms with van der Waals surface area (Å²) in [7, 11) is 1.23. The molecule has 0 aliphatic carbocycles. The molecule has 3 atom stereocenters. The number of aliphatic hydroxyl groups is 1. The third-order valence-corrected chi connectivity index (χ3v) is 11.7. The molecule has 8 nitrogen and oxygen atoms in total. The molecule has 2 N–H and O–H groups in total. The molecule has 0 aromatic rings. The van der Waals surface area contributed by atoms with Crippen LogP contribution in [0, 0.1) is 0 Å². The van der Waals surface area contributed by atoms with Crippen LogP contribution < -0.4 is 10.2 Å². The van der Waals surface area contributed by atoms with Crippen LogP contribution in [-0.2, 0) is 18.4 Å². The van der Waals surface area contributed by atoms with Crippen molar-refractivity contribution in [1.29, 1.82) is 0 Å². The number of hydrogen-bond acceptors (Lipinski definition) is 6. The molecule has 3 unspecified atom stereocenters. The van der Waals surface area contributed by atoms with Gasteiger partial charge in [0.05, 0.1) is 39.9 Å². The van der Waals surface area contributed by atoms with E-state index in [-0.39, 0.29) is 12.5 Å². The zero-order chi connectivity index (χ0) is 44.3. The normalized spacial score (nSPS) is 14.7. The van der Waals surface area contributed by atoms with Gasteiger partial charge in [-0.25, -0.2) is 0 Å². The number of unbranched alkanes of at least 4 members (excludes halogenated alkanes) is 23. The molecular formula is C51H95N2O6P. The standard InChI is InChI=1S/C51H95N2O6P/c1-6-8-10-12-14-16-18-20-22-24-25-26-27-29-30-32-34-36-38-40-42-44-50(54)49(48-59-60(56,57)58-47-46-53(3,4)5)52-51(55)45-43-41-39-37-35-33-31-28-23-21-19-17-15-13-11-9-7-2/h9,11,15,17,21,23,34,36,42,44,49-50,54H,6-8,10,12-14,16,18-20,22,24-33,35,37-41,43,45-48H2,1-5H3,(H-,52,55,56,57)/b11-9-,17-15-,23-21-,36-34+,44-42+. The van der Waals surface area contributed by atoms with Crippen molar-refractivity contribution in [1.82, 2.24) is 5.32 Å². The van der Waals surface area contributed by atoms with E-state index >= 15 is 0 Å². The largest absolute Gasteiger partial charge is 0.756 e. The molecule has 0 spiro atoms. The van der Waals surface area contributed by atoms with Gasteiger partial charge in [0.2, 0.25) is 5.91 Å². The third-order valence-electron chi connectivity index (χ3n) is 10.7. The summed E-state index contributed by atoms with van der Waals surface area (Å²) in [5.41, 5.74) is 0. The van der Waals surface area contributed by atoms with Crippen LogP contribution in [0.5, 0.6) is 0 Å². The molecule has 0 rings (SSSR count). The topological polar surface area (TPSA) is 108 Å². The lowest BCUT2D eigenvalue weighted by Crippen LogP contribution is -2.45. The van der Waals surface area contributed by atoms with Gasteiger partial charge in [0, 0.05) is 6.42 Å². The first-order valence-corrected chi connectivity index (χ1v) is 26.1. The van der Waals surface area contributed by atoms with Crippen LogP contribution in [0.1, 0.15) is 206 Å². The Kier molecular flexibility index (Phi) is 41.2. The number of hydrogen-bond donors (Lipinski definition) is 2.